The molecular formula is C31H30F4O2. The van der Waals surface area contributed by atoms with Gasteiger partial charge in [0.1, 0.15) is 19.5 Å². The number of ether oxygens (including phenoxy) is 1. The SMILES string of the molecule is CCCCc1ccc(-c2ccc(C(=O)OC(C/C=C(/F)C(F)=C(CF)CF)c3ccccc3)cc2)cc1. The zero-order valence-electron chi connectivity index (χ0n) is 20.7. The summed E-state index contributed by atoms with van der Waals surface area (Å²) in [6, 6.07) is 23.9. The van der Waals surface area contributed by atoms with E-state index in [2.05, 4.69) is 31.2 Å². The lowest BCUT2D eigenvalue weighted by atomic mass is 10.0. The number of hydrogen-bond donors (Lipinski definition) is 0. The fourth-order valence-electron chi connectivity index (χ4n) is 3.78. The van der Waals surface area contributed by atoms with Crippen molar-refractivity contribution in [2.45, 2.75) is 38.7 Å². The molecule has 0 aliphatic heterocycles. The zero-order valence-corrected chi connectivity index (χ0v) is 20.7. The Morgan fingerprint density at radius 3 is 2.03 bits per heavy atom. The van der Waals surface area contributed by atoms with Gasteiger partial charge in [0.25, 0.3) is 0 Å². The van der Waals surface area contributed by atoms with Gasteiger partial charge in [-0.15, -0.1) is 0 Å². The van der Waals surface area contributed by atoms with Crippen molar-refractivity contribution in [1.82, 2.24) is 0 Å². The van der Waals surface area contributed by atoms with E-state index in [9.17, 15) is 22.4 Å². The van der Waals surface area contributed by atoms with Crippen molar-refractivity contribution >= 4 is 5.97 Å². The number of alkyl halides is 2. The molecule has 37 heavy (non-hydrogen) atoms. The van der Waals surface area contributed by atoms with E-state index in [1.165, 1.54) is 5.56 Å². The molecule has 0 heterocycles. The number of unbranched alkanes of at least 4 members (excludes halogenated alkanes) is 1. The molecule has 0 spiro atoms. The molecule has 0 aliphatic carbocycles. The van der Waals surface area contributed by atoms with Gasteiger partial charge < -0.3 is 4.74 Å². The Labute approximate surface area is 215 Å². The third-order valence-corrected chi connectivity index (χ3v) is 6.00. The van der Waals surface area contributed by atoms with E-state index >= 15 is 0 Å². The summed E-state index contributed by atoms with van der Waals surface area (Å²) in [5, 5.41) is 0. The van der Waals surface area contributed by atoms with Gasteiger partial charge in [0.05, 0.1) is 5.56 Å². The van der Waals surface area contributed by atoms with Crippen molar-refractivity contribution in [1.29, 1.82) is 0 Å². The fraction of sp³-hybridized carbons (Fsp3) is 0.258. The first-order chi connectivity index (χ1) is 18.0. The van der Waals surface area contributed by atoms with Crippen molar-refractivity contribution in [3.63, 3.8) is 0 Å². The molecule has 0 fully saturated rings. The molecule has 0 aliphatic rings. The predicted octanol–water partition coefficient (Wildman–Crippen LogP) is 9.00. The molecule has 0 bridgehead atoms. The maximum Gasteiger partial charge on any atom is 0.338 e. The highest BCUT2D eigenvalue weighted by atomic mass is 19.2. The van der Waals surface area contributed by atoms with Crippen LogP contribution in [0.25, 0.3) is 11.1 Å². The third kappa shape index (κ3) is 7.91. The molecule has 0 aromatic heterocycles. The molecule has 194 valence electrons. The summed E-state index contributed by atoms with van der Waals surface area (Å²) in [7, 11) is 0. The van der Waals surface area contributed by atoms with Crippen LogP contribution in [-0.4, -0.2) is 19.3 Å². The lowest BCUT2D eigenvalue weighted by Gasteiger charge is -2.17. The van der Waals surface area contributed by atoms with Gasteiger partial charge in [-0.3, -0.25) is 0 Å². The van der Waals surface area contributed by atoms with Crippen molar-refractivity contribution in [2.24, 2.45) is 0 Å². The maximum atomic E-state index is 14.2. The maximum absolute atomic E-state index is 14.2. The molecule has 0 saturated carbocycles. The highest BCUT2D eigenvalue weighted by Crippen LogP contribution is 2.28. The zero-order chi connectivity index (χ0) is 26.6. The van der Waals surface area contributed by atoms with Gasteiger partial charge in [-0.2, -0.15) is 0 Å². The largest absolute Gasteiger partial charge is 0.454 e. The topological polar surface area (TPSA) is 26.3 Å². The first-order valence-corrected chi connectivity index (χ1v) is 12.3. The lowest BCUT2D eigenvalue weighted by molar-refractivity contribution is 0.0302. The average Bonchev–Trinajstić information content (AvgIpc) is 2.95. The summed E-state index contributed by atoms with van der Waals surface area (Å²) in [6.07, 6.45) is 3.01. The van der Waals surface area contributed by atoms with E-state index in [-0.39, 0.29) is 6.42 Å². The second kappa shape index (κ2) is 14.2. The molecule has 6 heteroatoms. The Kier molecular flexibility index (Phi) is 10.7. The molecule has 3 aromatic rings. The molecule has 0 radical (unpaired) electrons. The predicted molar refractivity (Wildman–Crippen MR) is 139 cm³/mol. The van der Waals surface area contributed by atoms with Crippen molar-refractivity contribution in [3.8, 4) is 11.1 Å². The van der Waals surface area contributed by atoms with E-state index in [0.29, 0.717) is 11.1 Å². The van der Waals surface area contributed by atoms with E-state index in [4.69, 9.17) is 4.74 Å². The Morgan fingerprint density at radius 2 is 1.46 bits per heavy atom. The Morgan fingerprint density at radius 1 is 0.865 bits per heavy atom. The number of aryl methyl sites for hydroxylation is 1. The van der Waals surface area contributed by atoms with Crippen LogP contribution in [0.5, 0.6) is 0 Å². The summed E-state index contributed by atoms with van der Waals surface area (Å²) in [5.41, 5.74) is 3.22. The molecule has 1 atom stereocenters. The quantitative estimate of drug-likeness (QED) is 0.138. The standard InChI is InChI=1S/C31H30F4O2/c1-2-3-7-22-10-12-23(13-11-22)24-14-16-26(17-15-24)31(36)37-29(25-8-5-4-6-9-25)19-18-28(34)30(35)27(20-32)21-33/h4-6,8-18,29H,2-3,7,19-21H2,1H3/b28-18+. The van der Waals surface area contributed by atoms with E-state index < -0.39 is 42.6 Å². The van der Waals surface area contributed by atoms with Gasteiger partial charge in [0.2, 0.25) is 0 Å². The molecule has 3 aromatic carbocycles. The number of hydrogen-bond acceptors (Lipinski definition) is 2. The molecule has 2 nitrogen and oxygen atoms in total. The summed E-state index contributed by atoms with van der Waals surface area (Å²) >= 11 is 0. The summed E-state index contributed by atoms with van der Waals surface area (Å²) in [6.45, 7) is -0.701. The average molecular weight is 511 g/mol. The van der Waals surface area contributed by atoms with Crippen LogP contribution in [0.2, 0.25) is 0 Å². The highest BCUT2D eigenvalue weighted by molar-refractivity contribution is 5.90. The summed E-state index contributed by atoms with van der Waals surface area (Å²) in [4.78, 5) is 12.9. The number of benzene rings is 3. The molecule has 0 amide bonds. The molecule has 0 saturated heterocycles. The minimum absolute atomic E-state index is 0.219. The molecule has 0 N–H and O–H groups in total. The second-order valence-electron chi connectivity index (χ2n) is 8.66. The Balaban J connectivity index is 1.74. The molecule has 1 unspecified atom stereocenters. The van der Waals surface area contributed by atoms with Crippen LogP contribution in [-0.2, 0) is 11.2 Å². The normalized spacial score (nSPS) is 12.2. The van der Waals surface area contributed by atoms with E-state index in [1.54, 1.807) is 42.5 Å². The van der Waals surface area contributed by atoms with Crippen molar-refractivity contribution in [3.05, 3.63) is 119 Å². The summed E-state index contributed by atoms with van der Waals surface area (Å²) in [5.74, 6) is -3.60. The van der Waals surface area contributed by atoms with Gasteiger partial charge >= 0.3 is 5.97 Å². The van der Waals surface area contributed by atoms with Gasteiger partial charge in [-0.1, -0.05) is 80.1 Å². The van der Waals surface area contributed by atoms with Crippen molar-refractivity contribution < 1.29 is 27.1 Å². The molecule has 3 rings (SSSR count). The Hall–Kier alpha value is -3.67. The fourth-order valence-corrected chi connectivity index (χ4v) is 3.78. The summed E-state index contributed by atoms with van der Waals surface area (Å²) < 4.78 is 59.2. The number of esters is 1. The van der Waals surface area contributed by atoms with E-state index in [1.807, 2.05) is 12.1 Å². The molecular weight excluding hydrogens is 480 g/mol. The lowest BCUT2D eigenvalue weighted by Crippen LogP contribution is -2.11. The van der Waals surface area contributed by atoms with Crippen LogP contribution in [0.4, 0.5) is 17.6 Å². The number of carbonyl (C=O) groups is 1. The smallest absolute Gasteiger partial charge is 0.338 e. The van der Waals surface area contributed by atoms with Gasteiger partial charge in [-0.05, 0) is 53.3 Å². The van der Waals surface area contributed by atoms with E-state index in [0.717, 1.165) is 36.5 Å². The number of allylic oxidation sites excluding steroid dienone is 3. The number of carbonyl (C=O) groups excluding carboxylic acids is 1. The highest BCUT2D eigenvalue weighted by Gasteiger charge is 2.19. The minimum atomic E-state index is -1.57. The second-order valence-corrected chi connectivity index (χ2v) is 8.66. The minimum Gasteiger partial charge on any atom is -0.454 e. The van der Waals surface area contributed by atoms with Crippen LogP contribution in [0.15, 0.2) is 102 Å². The van der Waals surface area contributed by atoms with Gasteiger partial charge in [-0.25, -0.2) is 22.4 Å². The van der Waals surface area contributed by atoms with Gasteiger partial charge in [0, 0.05) is 12.0 Å². The Bertz CT molecular complexity index is 1190. The van der Waals surface area contributed by atoms with Crippen LogP contribution in [0.1, 0.15) is 53.8 Å². The van der Waals surface area contributed by atoms with Crippen LogP contribution >= 0.6 is 0 Å². The monoisotopic (exact) mass is 510 g/mol. The van der Waals surface area contributed by atoms with Crippen molar-refractivity contribution in [2.75, 3.05) is 13.3 Å². The van der Waals surface area contributed by atoms with Gasteiger partial charge in [0.15, 0.2) is 11.7 Å². The number of halogens is 4. The third-order valence-electron chi connectivity index (χ3n) is 6.00. The van der Waals surface area contributed by atoms with Crippen LogP contribution < -0.4 is 0 Å². The van der Waals surface area contributed by atoms with Crippen LogP contribution in [0.3, 0.4) is 0 Å². The first-order valence-electron chi connectivity index (χ1n) is 12.3. The van der Waals surface area contributed by atoms with Crippen LogP contribution in [0, 0.1) is 0 Å². The first kappa shape index (κ1) is 27.9. The number of rotatable bonds is 12.